The van der Waals surface area contributed by atoms with E-state index >= 15 is 0 Å². The van der Waals surface area contributed by atoms with Crippen LogP contribution in [-0.4, -0.2) is 37.3 Å². The maximum absolute atomic E-state index is 12.7. The van der Waals surface area contributed by atoms with Gasteiger partial charge in [0.25, 0.3) is 11.6 Å². The van der Waals surface area contributed by atoms with Gasteiger partial charge in [-0.25, -0.2) is 0 Å². The second-order valence-corrected chi connectivity index (χ2v) is 9.00. The Labute approximate surface area is 201 Å². The van der Waals surface area contributed by atoms with Gasteiger partial charge in [-0.15, -0.1) is 10.2 Å². The molecule has 0 spiro atoms. The number of aromatic nitrogens is 3. The normalized spacial score (nSPS) is 11.8. The summed E-state index contributed by atoms with van der Waals surface area (Å²) in [6, 6.07) is 13.1. The summed E-state index contributed by atoms with van der Waals surface area (Å²) in [5.41, 5.74) is 1.37. The van der Waals surface area contributed by atoms with Crippen LogP contribution < -0.4 is 10.6 Å². The van der Waals surface area contributed by atoms with Crippen LogP contribution in [-0.2, 0) is 11.8 Å². The highest BCUT2D eigenvalue weighted by Gasteiger charge is 2.25. The molecule has 0 radical (unpaired) electrons. The molecule has 3 aromatic rings. The summed E-state index contributed by atoms with van der Waals surface area (Å²) in [5.74, 6) is 0.134. The topological polar surface area (TPSA) is 132 Å². The van der Waals surface area contributed by atoms with Gasteiger partial charge in [0, 0.05) is 29.9 Å². The molecule has 1 heterocycles. The average molecular weight is 483 g/mol. The van der Waals surface area contributed by atoms with E-state index in [9.17, 15) is 19.7 Å². The first-order chi connectivity index (χ1) is 16.2. The Balaban J connectivity index is 1.66. The quantitative estimate of drug-likeness (QED) is 0.269. The van der Waals surface area contributed by atoms with Crippen molar-refractivity contribution >= 4 is 35.0 Å². The third-order valence-corrected chi connectivity index (χ3v) is 6.18. The van der Waals surface area contributed by atoms with Crippen molar-refractivity contribution in [3.63, 3.8) is 0 Å². The lowest BCUT2D eigenvalue weighted by Crippen LogP contribution is -2.33. The number of benzene rings is 2. The minimum atomic E-state index is -0.484. The lowest BCUT2D eigenvalue weighted by molar-refractivity contribution is -0.385. The zero-order valence-corrected chi connectivity index (χ0v) is 20.1. The third kappa shape index (κ3) is 5.98. The summed E-state index contributed by atoms with van der Waals surface area (Å²) in [6.45, 7) is 5.59. The average Bonchev–Trinajstić information content (AvgIpc) is 3.17. The molecule has 0 aliphatic carbocycles. The second-order valence-electron chi connectivity index (χ2n) is 8.06. The molecule has 178 valence electrons. The van der Waals surface area contributed by atoms with Gasteiger partial charge in [0.2, 0.25) is 5.91 Å². The molecule has 3 rings (SSSR count). The molecule has 34 heavy (non-hydrogen) atoms. The Kier molecular flexibility index (Phi) is 8.00. The fourth-order valence-corrected chi connectivity index (χ4v) is 4.00. The van der Waals surface area contributed by atoms with Crippen LogP contribution in [0.4, 0.5) is 11.4 Å². The summed E-state index contributed by atoms with van der Waals surface area (Å²) >= 11 is 1.18. The molecule has 2 amide bonds. The summed E-state index contributed by atoms with van der Waals surface area (Å²) in [5, 5.41) is 25.7. The van der Waals surface area contributed by atoms with Crippen LogP contribution in [0.5, 0.6) is 0 Å². The summed E-state index contributed by atoms with van der Waals surface area (Å²) < 4.78 is 1.75. The van der Waals surface area contributed by atoms with Crippen LogP contribution in [0.15, 0.2) is 53.7 Å². The number of carbonyl (C=O) groups excluding carboxylic acids is 2. The van der Waals surface area contributed by atoms with Crippen LogP contribution in [0.2, 0.25) is 0 Å². The van der Waals surface area contributed by atoms with Gasteiger partial charge in [0.15, 0.2) is 11.0 Å². The summed E-state index contributed by atoms with van der Waals surface area (Å²) in [6.07, 6.45) is 0. The van der Waals surface area contributed by atoms with Gasteiger partial charge in [-0.1, -0.05) is 49.9 Å². The minimum Gasteiger partial charge on any atom is -0.342 e. The Hall–Kier alpha value is -3.73. The van der Waals surface area contributed by atoms with Gasteiger partial charge in [0.1, 0.15) is 0 Å². The maximum Gasteiger partial charge on any atom is 0.274 e. The van der Waals surface area contributed by atoms with Gasteiger partial charge in [-0.2, -0.15) is 0 Å². The fourth-order valence-electron chi connectivity index (χ4n) is 3.28. The molecule has 0 saturated carbocycles. The lowest BCUT2D eigenvalue weighted by atomic mass is 10.0. The number of nitro benzene ring substituents is 1. The first kappa shape index (κ1) is 24.9. The van der Waals surface area contributed by atoms with Gasteiger partial charge < -0.3 is 15.2 Å². The van der Waals surface area contributed by atoms with Crippen molar-refractivity contribution in [1.82, 2.24) is 20.1 Å². The van der Waals surface area contributed by atoms with Crippen molar-refractivity contribution in [3.05, 3.63) is 75.6 Å². The van der Waals surface area contributed by atoms with Gasteiger partial charge >= 0.3 is 0 Å². The standard InChI is InChI=1S/C23H26N6O4S/c1-14(2)20(25-22(31)16-8-6-5-7-9-16)21-26-27-23(28(21)4)34-13-19(30)24-17-11-10-15(3)18(12-17)29(32)33/h5-12,14,20H,13H2,1-4H3,(H,24,30)(H,25,31)/t20-/m0/s1. The van der Waals surface area contributed by atoms with E-state index < -0.39 is 4.92 Å². The first-order valence-corrected chi connectivity index (χ1v) is 11.6. The molecule has 2 aromatic carbocycles. The van der Waals surface area contributed by atoms with Crippen LogP contribution in [0.25, 0.3) is 0 Å². The van der Waals surface area contributed by atoms with E-state index in [1.165, 1.54) is 17.8 Å². The number of hydrogen-bond donors (Lipinski definition) is 2. The van der Waals surface area contributed by atoms with E-state index in [0.717, 1.165) is 0 Å². The number of anilines is 1. The van der Waals surface area contributed by atoms with E-state index in [4.69, 9.17) is 0 Å². The minimum absolute atomic E-state index is 0.0381. The fraction of sp³-hybridized carbons (Fsp3) is 0.304. The van der Waals surface area contributed by atoms with Crippen molar-refractivity contribution < 1.29 is 14.5 Å². The zero-order chi connectivity index (χ0) is 24.8. The Morgan fingerprint density at radius 3 is 2.50 bits per heavy atom. The first-order valence-electron chi connectivity index (χ1n) is 10.6. The Bertz CT molecular complexity index is 1200. The van der Waals surface area contributed by atoms with E-state index in [1.54, 1.807) is 54.9 Å². The Morgan fingerprint density at radius 2 is 1.85 bits per heavy atom. The van der Waals surface area contributed by atoms with E-state index in [-0.39, 0.29) is 35.2 Å². The van der Waals surface area contributed by atoms with Crippen molar-refractivity contribution in [2.24, 2.45) is 13.0 Å². The molecule has 0 aliphatic rings. The molecule has 0 aliphatic heterocycles. The number of nitrogens with one attached hydrogen (secondary N) is 2. The highest BCUT2D eigenvalue weighted by atomic mass is 32.2. The number of amides is 2. The van der Waals surface area contributed by atoms with Crippen LogP contribution in [0, 0.1) is 23.0 Å². The molecule has 1 aromatic heterocycles. The lowest BCUT2D eigenvalue weighted by Gasteiger charge is -2.21. The molecule has 2 N–H and O–H groups in total. The molecular formula is C23H26N6O4S. The third-order valence-electron chi connectivity index (χ3n) is 5.16. The molecule has 1 atom stereocenters. The highest BCUT2D eigenvalue weighted by molar-refractivity contribution is 7.99. The van der Waals surface area contributed by atoms with E-state index in [0.29, 0.717) is 27.8 Å². The zero-order valence-electron chi connectivity index (χ0n) is 19.3. The molecule has 0 bridgehead atoms. The largest absolute Gasteiger partial charge is 0.342 e. The van der Waals surface area contributed by atoms with Gasteiger partial charge in [-0.05, 0) is 31.0 Å². The van der Waals surface area contributed by atoms with Crippen LogP contribution in [0.3, 0.4) is 0 Å². The van der Waals surface area contributed by atoms with Crippen molar-refractivity contribution in [1.29, 1.82) is 0 Å². The molecule has 0 fully saturated rings. The van der Waals surface area contributed by atoms with Crippen molar-refractivity contribution in [2.75, 3.05) is 11.1 Å². The molecular weight excluding hydrogens is 456 g/mol. The number of rotatable bonds is 9. The monoisotopic (exact) mass is 482 g/mol. The van der Waals surface area contributed by atoms with Crippen molar-refractivity contribution in [2.45, 2.75) is 32.0 Å². The van der Waals surface area contributed by atoms with Gasteiger partial charge in [0.05, 0.1) is 16.7 Å². The predicted octanol–water partition coefficient (Wildman–Crippen LogP) is 3.89. The Morgan fingerprint density at radius 1 is 1.15 bits per heavy atom. The molecule has 10 nitrogen and oxygen atoms in total. The van der Waals surface area contributed by atoms with Crippen LogP contribution in [0.1, 0.15) is 41.6 Å². The number of nitro groups is 1. The van der Waals surface area contributed by atoms with Crippen molar-refractivity contribution in [3.8, 4) is 0 Å². The number of carbonyl (C=O) groups is 2. The number of hydrogen-bond acceptors (Lipinski definition) is 7. The highest BCUT2D eigenvalue weighted by Crippen LogP contribution is 2.25. The van der Waals surface area contributed by atoms with E-state index in [1.807, 2.05) is 19.9 Å². The summed E-state index contributed by atoms with van der Waals surface area (Å²) in [4.78, 5) is 35.7. The number of nitrogens with zero attached hydrogens (tertiary/aromatic N) is 4. The SMILES string of the molecule is Cc1ccc(NC(=O)CSc2nnc([C@@H](NC(=O)c3ccccc3)C(C)C)n2C)cc1[N+](=O)[O-]. The molecule has 11 heteroatoms. The van der Waals surface area contributed by atoms with E-state index in [2.05, 4.69) is 20.8 Å². The second kappa shape index (κ2) is 10.9. The predicted molar refractivity (Wildman–Crippen MR) is 130 cm³/mol. The molecule has 0 saturated heterocycles. The molecule has 0 unspecified atom stereocenters. The summed E-state index contributed by atoms with van der Waals surface area (Å²) in [7, 11) is 1.78. The van der Waals surface area contributed by atoms with Crippen LogP contribution >= 0.6 is 11.8 Å². The van der Waals surface area contributed by atoms with Gasteiger partial charge in [-0.3, -0.25) is 19.7 Å². The number of thioether (sulfide) groups is 1. The number of aryl methyl sites for hydroxylation is 1. The smallest absolute Gasteiger partial charge is 0.274 e. The maximum atomic E-state index is 12.7.